The van der Waals surface area contributed by atoms with Gasteiger partial charge in [0.2, 0.25) is 0 Å². The van der Waals surface area contributed by atoms with Crippen molar-refractivity contribution < 1.29 is 27.8 Å². The van der Waals surface area contributed by atoms with Gasteiger partial charge in [0.1, 0.15) is 23.7 Å². The van der Waals surface area contributed by atoms with E-state index in [1.165, 1.54) is 30.2 Å². The van der Waals surface area contributed by atoms with E-state index in [4.69, 9.17) is 10.5 Å². The largest absolute Gasteiger partial charge is 0.573 e. The van der Waals surface area contributed by atoms with Gasteiger partial charge < -0.3 is 20.3 Å². The van der Waals surface area contributed by atoms with E-state index in [0.29, 0.717) is 22.2 Å². The highest BCUT2D eigenvalue weighted by molar-refractivity contribution is 8.14. The Balaban J connectivity index is 1.40. The summed E-state index contributed by atoms with van der Waals surface area (Å²) in [6.07, 6.45) is -1.96. The maximum atomic E-state index is 12.3. The van der Waals surface area contributed by atoms with Crippen molar-refractivity contribution in [3.05, 3.63) is 83.4 Å². The molecule has 3 aromatic carbocycles. The van der Waals surface area contributed by atoms with Crippen molar-refractivity contribution in [3.63, 3.8) is 0 Å². The Bertz CT molecular complexity index is 1490. The molecule has 3 N–H and O–H groups in total. The normalized spacial score (nSPS) is 19.0. The van der Waals surface area contributed by atoms with Crippen LogP contribution in [0.3, 0.4) is 0 Å². The van der Waals surface area contributed by atoms with Gasteiger partial charge in [-0.1, -0.05) is 36.0 Å². The van der Waals surface area contributed by atoms with Gasteiger partial charge in [0.25, 0.3) is 0 Å². The van der Waals surface area contributed by atoms with E-state index in [0.717, 1.165) is 34.7 Å². The molecule has 3 aromatic rings. The summed E-state index contributed by atoms with van der Waals surface area (Å²) < 4.78 is 45.9. The third-order valence-electron chi connectivity index (χ3n) is 5.82. The standard InChI is InChI=1S/C28H27F3N6O3S/c1-18-14-23(39-3)12-13-24(18)37-26(41-16-27(37,2)38)36-35-15-19-4-6-20(7-5-19)25(32)34-17-33-21-8-10-22(11-9-21)40-28(29,30)31/h4-15,17,38H,16H2,1-3H3,(H2,32,33,34)/b35-15+,36-26-. The number of thioether (sulfide) groups is 1. The zero-order valence-electron chi connectivity index (χ0n) is 22.3. The minimum absolute atomic E-state index is 0.199. The van der Waals surface area contributed by atoms with Crippen LogP contribution in [0.25, 0.3) is 0 Å². The molecule has 1 atom stereocenters. The van der Waals surface area contributed by atoms with Crippen LogP contribution in [0, 0.1) is 6.92 Å². The Kier molecular flexibility index (Phi) is 8.98. The molecule has 1 aliphatic rings. The number of benzene rings is 3. The molecule has 41 heavy (non-hydrogen) atoms. The molecule has 1 saturated heterocycles. The molecule has 1 heterocycles. The van der Waals surface area contributed by atoms with Crippen LogP contribution < -0.4 is 20.1 Å². The van der Waals surface area contributed by atoms with E-state index < -0.39 is 12.1 Å². The molecule has 0 aromatic heterocycles. The fraction of sp³-hybridized carbons (Fsp3) is 0.214. The Morgan fingerprint density at radius 2 is 1.76 bits per heavy atom. The SMILES string of the molecule is COc1ccc(N2/C(=N/N=C/c3ccc(C(N)=NC=Nc4ccc(OC(F)(F)F)cc4)cc3)SCC2(C)O)c(C)c1. The number of halogens is 3. The molecule has 1 unspecified atom stereocenters. The predicted octanol–water partition coefficient (Wildman–Crippen LogP) is 5.62. The quantitative estimate of drug-likeness (QED) is 0.202. The number of aryl methyl sites for hydroxylation is 1. The molecule has 0 bridgehead atoms. The van der Waals surface area contributed by atoms with Crippen molar-refractivity contribution in [2.75, 3.05) is 17.8 Å². The van der Waals surface area contributed by atoms with Gasteiger partial charge in [-0.3, -0.25) is 4.90 Å². The van der Waals surface area contributed by atoms with Crippen molar-refractivity contribution in [2.24, 2.45) is 25.9 Å². The number of nitrogens with zero attached hydrogens (tertiary/aromatic N) is 5. The summed E-state index contributed by atoms with van der Waals surface area (Å²) in [7, 11) is 1.60. The fourth-order valence-corrected chi connectivity index (χ4v) is 4.89. The molecule has 1 fully saturated rings. The topological polar surface area (TPSA) is 117 Å². The second-order valence-corrected chi connectivity index (χ2v) is 9.99. The van der Waals surface area contributed by atoms with Crippen molar-refractivity contribution in [1.82, 2.24) is 0 Å². The van der Waals surface area contributed by atoms with E-state index in [1.807, 2.05) is 25.1 Å². The van der Waals surface area contributed by atoms with Crippen LogP contribution in [0.4, 0.5) is 24.5 Å². The molecular weight excluding hydrogens is 557 g/mol. The minimum atomic E-state index is -4.76. The number of aliphatic hydroxyl groups is 1. The molecule has 214 valence electrons. The van der Waals surface area contributed by atoms with Gasteiger partial charge in [-0.25, -0.2) is 9.98 Å². The van der Waals surface area contributed by atoms with E-state index in [2.05, 4.69) is 24.9 Å². The van der Waals surface area contributed by atoms with Gasteiger partial charge in [-0.05, 0) is 67.4 Å². The lowest BCUT2D eigenvalue weighted by Crippen LogP contribution is -2.45. The lowest BCUT2D eigenvalue weighted by molar-refractivity contribution is -0.274. The molecule has 4 rings (SSSR count). The van der Waals surface area contributed by atoms with E-state index in [1.54, 1.807) is 49.4 Å². The second kappa shape index (κ2) is 12.4. The summed E-state index contributed by atoms with van der Waals surface area (Å²) in [4.78, 5) is 9.90. The first-order valence-corrected chi connectivity index (χ1v) is 13.2. The predicted molar refractivity (Wildman–Crippen MR) is 157 cm³/mol. The number of aliphatic imine (C=N–C) groups is 2. The lowest BCUT2D eigenvalue weighted by atomic mass is 10.1. The van der Waals surface area contributed by atoms with Crippen LogP contribution in [-0.4, -0.2) is 53.6 Å². The summed E-state index contributed by atoms with van der Waals surface area (Å²) in [5.41, 5.74) is 8.42. The van der Waals surface area contributed by atoms with Gasteiger partial charge >= 0.3 is 6.36 Å². The van der Waals surface area contributed by atoms with Crippen LogP contribution >= 0.6 is 11.8 Å². The summed E-state index contributed by atoms with van der Waals surface area (Å²) in [5, 5.41) is 20.1. The number of anilines is 1. The molecule has 0 spiro atoms. The van der Waals surface area contributed by atoms with Gasteiger partial charge in [-0.15, -0.1) is 18.3 Å². The summed E-state index contributed by atoms with van der Waals surface area (Å²) in [6.45, 7) is 3.67. The number of hydrogen-bond acceptors (Lipinski definition) is 7. The van der Waals surface area contributed by atoms with Crippen molar-refractivity contribution in [1.29, 1.82) is 0 Å². The number of methoxy groups -OCH3 is 1. The first kappa shape index (κ1) is 29.6. The Morgan fingerprint density at radius 3 is 2.39 bits per heavy atom. The highest BCUT2D eigenvalue weighted by Gasteiger charge is 2.41. The molecule has 13 heteroatoms. The summed E-state index contributed by atoms with van der Waals surface area (Å²) in [5.74, 6) is 1.02. The molecule has 0 amide bonds. The van der Waals surface area contributed by atoms with Gasteiger partial charge in [0.05, 0.1) is 19.0 Å². The van der Waals surface area contributed by atoms with Crippen LogP contribution in [0.5, 0.6) is 11.5 Å². The lowest BCUT2D eigenvalue weighted by Gasteiger charge is -2.31. The van der Waals surface area contributed by atoms with E-state index in [9.17, 15) is 18.3 Å². The van der Waals surface area contributed by atoms with E-state index >= 15 is 0 Å². The molecule has 0 saturated carbocycles. The summed E-state index contributed by atoms with van der Waals surface area (Å²) in [6, 6.07) is 17.7. The first-order chi connectivity index (χ1) is 19.4. The average molecular weight is 585 g/mol. The van der Waals surface area contributed by atoms with Crippen LogP contribution in [0.1, 0.15) is 23.6 Å². The van der Waals surface area contributed by atoms with Crippen LogP contribution in [0.15, 0.2) is 86.9 Å². The van der Waals surface area contributed by atoms with Gasteiger partial charge in [-0.2, -0.15) is 5.10 Å². The molecular formula is C28H27F3N6O3S. The fourth-order valence-electron chi connectivity index (χ4n) is 3.83. The van der Waals surface area contributed by atoms with Gasteiger partial charge in [0, 0.05) is 17.0 Å². The van der Waals surface area contributed by atoms with Gasteiger partial charge in [0.15, 0.2) is 10.9 Å². The number of amidine groups is 2. The Labute approximate surface area is 238 Å². The minimum Gasteiger partial charge on any atom is -0.497 e. The zero-order valence-corrected chi connectivity index (χ0v) is 23.1. The first-order valence-electron chi connectivity index (χ1n) is 12.2. The third-order valence-corrected chi connectivity index (χ3v) is 7.04. The summed E-state index contributed by atoms with van der Waals surface area (Å²) >= 11 is 1.41. The van der Waals surface area contributed by atoms with Crippen molar-refractivity contribution >= 4 is 46.7 Å². The van der Waals surface area contributed by atoms with Crippen molar-refractivity contribution in [2.45, 2.75) is 25.9 Å². The number of ether oxygens (including phenoxy) is 2. The van der Waals surface area contributed by atoms with Crippen LogP contribution in [0.2, 0.25) is 0 Å². The maximum absolute atomic E-state index is 12.3. The molecule has 0 aliphatic carbocycles. The number of rotatable bonds is 8. The number of hydrogen-bond donors (Lipinski definition) is 2. The molecule has 9 nitrogen and oxygen atoms in total. The number of nitrogens with two attached hydrogens (primary N) is 1. The average Bonchev–Trinajstić information content (AvgIpc) is 3.22. The number of alkyl halides is 3. The monoisotopic (exact) mass is 584 g/mol. The van der Waals surface area contributed by atoms with E-state index in [-0.39, 0.29) is 11.6 Å². The highest BCUT2D eigenvalue weighted by Crippen LogP contribution is 2.38. The van der Waals surface area contributed by atoms with Crippen LogP contribution in [-0.2, 0) is 0 Å². The smallest absolute Gasteiger partial charge is 0.497 e. The highest BCUT2D eigenvalue weighted by atomic mass is 32.2. The molecule has 0 radical (unpaired) electrons. The Morgan fingerprint density at radius 1 is 1.07 bits per heavy atom. The third kappa shape index (κ3) is 7.86. The second-order valence-electron chi connectivity index (χ2n) is 9.04. The maximum Gasteiger partial charge on any atom is 0.573 e. The zero-order chi connectivity index (χ0) is 29.6. The Hall–Kier alpha value is -4.36. The molecule has 1 aliphatic heterocycles. The van der Waals surface area contributed by atoms with Crippen molar-refractivity contribution in [3.8, 4) is 11.5 Å².